The first-order valence-electron chi connectivity index (χ1n) is 7.89. The zero-order chi connectivity index (χ0) is 15.3. The van der Waals surface area contributed by atoms with E-state index in [0.717, 1.165) is 36.8 Å². The topological polar surface area (TPSA) is 51.3 Å². The molecule has 2 N–H and O–H groups in total. The molecule has 2 aromatic rings. The molecule has 3 unspecified atom stereocenters. The van der Waals surface area contributed by atoms with Crippen molar-refractivity contribution in [2.45, 2.75) is 25.4 Å². The number of aromatic nitrogens is 1. The summed E-state index contributed by atoms with van der Waals surface area (Å²) >= 11 is 6.07. The molecule has 2 aliphatic rings. The van der Waals surface area contributed by atoms with Crippen molar-refractivity contribution >= 4 is 40.8 Å². The van der Waals surface area contributed by atoms with Crippen LogP contribution in [0.3, 0.4) is 0 Å². The molecule has 2 fully saturated rings. The highest BCUT2D eigenvalue weighted by atomic mass is 35.5. The highest BCUT2D eigenvalue weighted by Gasteiger charge is 2.42. The predicted octanol–water partition coefficient (Wildman–Crippen LogP) is 2.91. The van der Waals surface area contributed by atoms with Gasteiger partial charge in [0.15, 0.2) is 0 Å². The lowest BCUT2D eigenvalue weighted by atomic mass is 9.98. The summed E-state index contributed by atoms with van der Waals surface area (Å²) in [4.78, 5) is 14.6. The second-order valence-corrected chi connectivity index (χ2v) is 7.05. The Morgan fingerprint density at radius 2 is 2.09 bits per heavy atom. The molecule has 1 aliphatic carbocycles. The minimum atomic E-state index is 0. The number of nitrogens with two attached hydrogens (primary N) is 1. The van der Waals surface area contributed by atoms with E-state index in [1.54, 1.807) is 0 Å². The van der Waals surface area contributed by atoms with Crippen molar-refractivity contribution < 1.29 is 4.79 Å². The Bertz CT molecular complexity index is 730. The summed E-state index contributed by atoms with van der Waals surface area (Å²) in [5.74, 6) is 1.29. The molecule has 1 amide bonds. The third kappa shape index (κ3) is 2.95. The number of halogens is 2. The minimum Gasteiger partial charge on any atom is -0.341 e. The Morgan fingerprint density at radius 3 is 2.87 bits per heavy atom. The fourth-order valence-corrected chi connectivity index (χ4v) is 4.22. The van der Waals surface area contributed by atoms with E-state index in [9.17, 15) is 4.79 Å². The summed E-state index contributed by atoms with van der Waals surface area (Å²) in [5, 5.41) is 1.80. The maximum Gasteiger partial charge on any atom is 0.242 e. The van der Waals surface area contributed by atoms with E-state index >= 15 is 0 Å². The molecule has 0 radical (unpaired) electrons. The van der Waals surface area contributed by atoms with Gasteiger partial charge in [0.05, 0.1) is 0 Å². The molecular formula is C17H21Cl2N3O. The van der Waals surface area contributed by atoms with Crippen LogP contribution in [0.2, 0.25) is 5.02 Å². The second kappa shape index (κ2) is 6.34. The zero-order valence-corrected chi connectivity index (χ0v) is 14.4. The summed E-state index contributed by atoms with van der Waals surface area (Å²) in [6.07, 6.45) is 4.23. The van der Waals surface area contributed by atoms with Gasteiger partial charge >= 0.3 is 0 Å². The number of rotatable bonds is 2. The number of hydrogen-bond acceptors (Lipinski definition) is 2. The van der Waals surface area contributed by atoms with Crippen molar-refractivity contribution in [3.05, 3.63) is 35.5 Å². The van der Waals surface area contributed by atoms with Gasteiger partial charge in [-0.3, -0.25) is 4.79 Å². The van der Waals surface area contributed by atoms with Gasteiger partial charge in [0.25, 0.3) is 0 Å². The zero-order valence-electron chi connectivity index (χ0n) is 12.8. The third-order valence-corrected chi connectivity index (χ3v) is 5.54. The van der Waals surface area contributed by atoms with E-state index in [-0.39, 0.29) is 24.4 Å². The molecule has 1 saturated carbocycles. The Kier molecular flexibility index (Phi) is 4.59. The number of nitrogens with zero attached hydrogens (tertiary/aromatic N) is 2. The molecule has 1 aromatic heterocycles. The van der Waals surface area contributed by atoms with E-state index in [4.69, 9.17) is 17.3 Å². The number of carbonyl (C=O) groups excluding carboxylic acids is 1. The molecule has 4 nitrogen and oxygen atoms in total. The molecule has 0 spiro atoms. The van der Waals surface area contributed by atoms with E-state index < -0.39 is 0 Å². The highest BCUT2D eigenvalue weighted by molar-refractivity contribution is 6.31. The van der Waals surface area contributed by atoms with Crippen molar-refractivity contribution in [2.24, 2.45) is 17.6 Å². The van der Waals surface area contributed by atoms with Gasteiger partial charge in [0, 0.05) is 35.9 Å². The fraction of sp³-hybridized carbons (Fsp3) is 0.471. The van der Waals surface area contributed by atoms with Crippen LogP contribution in [0.1, 0.15) is 12.8 Å². The van der Waals surface area contributed by atoms with Gasteiger partial charge in [-0.2, -0.15) is 0 Å². The van der Waals surface area contributed by atoms with E-state index in [1.165, 1.54) is 0 Å². The summed E-state index contributed by atoms with van der Waals surface area (Å²) in [6.45, 7) is 2.07. The largest absolute Gasteiger partial charge is 0.341 e. The van der Waals surface area contributed by atoms with E-state index in [2.05, 4.69) is 0 Å². The average Bonchev–Trinajstić information content (AvgIpc) is 3.16. The number of likely N-dealkylation sites (tertiary alicyclic amines) is 1. The van der Waals surface area contributed by atoms with Crippen LogP contribution >= 0.6 is 24.0 Å². The summed E-state index contributed by atoms with van der Waals surface area (Å²) < 4.78 is 1.98. The first-order valence-corrected chi connectivity index (χ1v) is 8.27. The molecule has 3 atom stereocenters. The Hall–Kier alpha value is -1.23. The lowest BCUT2D eigenvalue weighted by molar-refractivity contribution is -0.131. The number of carbonyl (C=O) groups is 1. The molecule has 124 valence electrons. The fourth-order valence-electron chi connectivity index (χ4n) is 4.05. The maximum atomic E-state index is 12.6. The van der Waals surface area contributed by atoms with E-state index in [1.807, 2.05) is 39.9 Å². The van der Waals surface area contributed by atoms with Gasteiger partial charge in [0.2, 0.25) is 5.91 Å². The van der Waals surface area contributed by atoms with E-state index in [0.29, 0.717) is 23.4 Å². The quantitative estimate of drug-likeness (QED) is 0.902. The van der Waals surface area contributed by atoms with Crippen molar-refractivity contribution in [3.8, 4) is 0 Å². The van der Waals surface area contributed by atoms with Gasteiger partial charge in [-0.05, 0) is 48.3 Å². The molecule has 1 aromatic carbocycles. The molecule has 4 rings (SSSR count). The number of hydrogen-bond donors (Lipinski definition) is 1. The lowest BCUT2D eigenvalue weighted by Crippen LogP contribution is -2.35. The Morgan fingerprint density at radius 1 is 1.26 bits per heavy atom. The first-order chi connectivity index (χ1) is 10.6. The Labute approximate surface area is 147 Å². The summed E-state index contributed by atoms with van der Waals surface area (Å²) in [6, 6.07) is 8.07. The van der Waals surface area contributed by atoms with Crippen molar-refractivity contribution in [3.63, 3.8) is 0 Å². The van der Waals surface area contributed by atoms with Crippen molar-refractivity contribution in [2.75, 3.05) is 13.1 Å². The molecule has 23 heavy (non-hydrogen) atoms. The van der Waals surface area contributed by atoms with Crippen LogP contribution in [-0.4, -0.2) is 34.5 Å². The molecule has 6 heteroatoms. The number of fused-ring (bicyclic) bond motifs is 2. The van der Waals surface area contributed by atoms with Crippen LogP contribution in [0.4, 0.5) is 0 Å². The van der Waals surface area contributed by atoms with Crippen LogP contribution in [-0.2, 0) is 11.3 Å². The molecule has 0 bridgehead atoms. The van der Waals surface area contributed by atoms with Crippen LogP contribution in [0.25, 0.3) is 10.9 Å². The van der Waals surface area contributed by atoms with Crippen molar-refractivity contribution in [1.29, 1.82) is 0 Å². The monoisotopic (exact) mass is 353 g/mol. The predicted molar refractivity (Wildman–Crippen MR) is 95.0 cm³/mol. The average molecular weight is 354 g/mol. The molecular weight excluding hydrogens is 333 g/mol. The third-order valence-electron chi connectivity index (χ3n) is 5.31. The van der Waals surface area contributed by atoms with Gasteiger partial charge in [0.1, 0.15) is 6.54 Å². The Balaban J connectivity index is 0.00000156. The molecule has 2 heterocycles. The second-order valence-electron chi connectivity index (χ2n) is 6.61. The van der Waals surface area contributed by atoms with Crippen LogP contribution < -0.4 is 5.73 Å². The summed E-state index contributed by atoms with van der Waals surface area (Å²) in [7, 11) is 0. The summed E-state index contributed by atoms with van der Waals surface area (Å²) in [5.41, 5.74) is 7.16. The van der Waals surface area contributed by atoms with Crippen molar-refractivity contribution in [1.82, 2.24) is 9.47 Å². The van der Waals surface area contributed by atoms with Gasteiger partial charge < -0.3 is 15.2 Å². The van der Waals surface area contributed by atoms with Gasteiger partial charge in [-0.15, -0.1) is 12.4 Å². The minimum absolute atomic E-state index is 0. The SMILES string of the molecule is Cl.NC1CCC2CN(C(=O)Cn3ccc4ccc(Cl)cc43)CC12. The molecule has 1 aliphatic heterocycles. The number of amides is 1. The standard InChI is InChI=1S/C17H20ClN3O.ClH/c18-13-3-1-11-5-6-20(16(11)7-13)10-17(22)21-8-12-2-4-15(19)14(12)9-21;/h1,3,5-7,12,14-15H,2,4,8-10,19H2;1H. The van der Waals surface area contributed by atoms with Crippen LogP contribution in [0.15, 0.2) is 30.5 Å². The molecule has 1 saturated heterocycles. The highest BCUT2D eigenvalue weighted by Crippen LogP contribution is 2.37. The van der Waals surface area contributed by atoms with Crippen LogP contribution in [0.5, 0.6) is 0 Å². The lowest BCUT2D eigenvalue weighted by Gasteiger charge is -2.19. The normalized spacial score (nSPS) is 26.3. The first kappa shape index (κ1) is 16.6. The number of benzene rings is 1. The van der Waals surface area contributed by atoms with Crippen LogP contribution in [0, 0.1) is 11.8 Å². The van der Waals surface area contributed by atoms with Gasteiger partial charge in [-0.1, -0.05) is 17.7 Å². The van der Waals surface area contributed by atoms with Gasteiger partial charge in [-0.25, -0.2) is 0 Å². The maximum absolute atomic E-state index is 12.6. The smallest absolute Gasteiger partial charge is 0.242 e.